The minimum atomic E-state index is -0.0650. The summed E-state index contributed by atoms with van der Waals surface area (Å²) in [5, 5.41) is 2.99. The molecule has 0 spiro atoms. The third kappa shape index (κ3) is 3.41. The van der Waals surface area contributed by atoms with E-state index in [0.29, 0.717) is 25.6 Å². The molecular formula is C17H20N8O. The molecule has 3 aromatic heterocycles. The van der Waals surface area contributed by atoms with Gasteiger partial charge in [0.05, 0.1) is 24.6 Å². The van der Waals surface area contributed by atoms with Crippen LogP contribution in [0.4, 0.5) is 10.7 Å². The summed E-state index contributed by atoms with van der Waals surface area (Å²) in [5.74, 6) is 0.717. The molecule has 2 amide bonds. The highest BCUT2D eigenvalue weighted by molar-refractivity contribution is 5.74. The van der Waals surface area contributed by atoms with E-state index in [1.165, 1.54) is 0 Å². The molecule has 0 aliphatic carbocycles. The number of anilines is 1. The van der Waals surface area contributed by atoms with Gasteiger partial charge in [0, 0.05) is 51.0 Å². The second-order valence-electron chi connectivity index (χ2n) is 6.09. The number of carbonyl (C=O) groups excluding carboxylic acids is 1. The van der Waals surface area contributed by atoms with Crippen LogP contribution in [0.2, 0.25) is 0 Å². The Morgan fingerprint density at radius 1 is 1.04 bits per heavy atom. The second kappa shape index (κ2) is 7.34. The molecule has 9 nitrogen and oxygen atoms in total. The van der Waals surface area contributed by atoms with E-state index < -0.39 is 0 Å². The van der Waals surface area contributed by atoms with Crippen molar-refractivity contribution >= 4 is 17.6 Å². The van der Waals surface area contributed by atoms with Gasteiger partial charge in [0.25, 0.3) is 0 Å². The minimum Gasteiger partial charge on any atom is -0.339 e. The van der Waals surface area contributed by atoms with Crippen LogP contribution in [0.15, 0.2) is 43.2 Å². The van der Waals surface area contributed by atoms with Crippen molar-refractivity contribution in [3.63, 3.8) is 0 Å². The molecule has 0 bridgehead atoms. The van der Waals surface area contributed by atoms with Crippen molar-refractivity contribution in [2.24, 2.45) is 0 Å². The predicted octanol–water partition coefficient (Wildman–Crippen LogP) is 0.941. The summed E-state index contributed by atoms with van der Waals surface area (Å²) in [6.07, 6.45) is 11.4. The molecule has 9 heteroatoms. The van der Waals surface area contributed by atoms with E-state index >= 15 is 0 Å². The second-order valence-corrected chi connectivity index (χ2v) is 6.09. The molecular weight excluding hydrogens is 332 g/mol. The Bertz CT molecular complexity index is 881. The lowest BCUT2D eigenvalue weighted by atomic mass is 10.4. The van der Waals surface area contributed by atoms with E-state index in [4.69, 9.17) is 0 Å². The maximum atomic E-state index is 12.5. The highest BCUT2D eigenvalue weighted by Gasteiger charge is 2.20. The first-order valence-electron chi connectivity index (χ1n) is 8.62. The summed E-state index contributed by atoms with van der Waals surface area (Å²) in [6.45, 7) is 3.34. The lowest BCUT2D eigenvalue weighted by molar-refractivity contribution is 0.201. The van der Waals surface area contributed by atoms with Crippen LogP contribution >= 0.6 is 0 Å². The fraction of sp³-hybridized carbons (Fsp3) is 0.353. The van der Waals surface area contributed by atoms with Crippen LogP contribution in [-0.4, -0.2) is 61.4 Å². The molecule has 0 unspecified atom stereocenters. The van der Waals surface area contributed by atoms with Gasteiger partial charge in [-0.15, -0.1) is 0 Å². The van der Waals surface area contributed by atoms with Gasteiger partial charge in [0.15, 0.2) is 5.65 Å². The van der Waals surface area contributed by atoms with Crippen molar-refractivity contribution in [1.82, 2.24) is 34.6 Å². The number of rotatable bonds is 3. The number of hydrogen-bond donors (Lipinski definition) is 1. The van der Waals surface area contributed by atoms with E-state index in [-0.39, 0.29) is 6.03 Å². The van der Waals surface area contributed by atoms with Gasteiger partial charge in [-0.3, -0.25) is 9.38 Å². The molecule has 0 radical (unpaired) electrons. The Labute approximate surface area is 150 Å². The number of imidazole rings is 1. The van der Waals surface area contributed by atoms with Gasteiger partial charge in [-0.25, -0.2) is 19.7 Å². The molecule has 26 heavy (non-hydrogen) atoms. The SMILES string of the molecule is O=C(NCc1cnc2cnccn12)N1CCCN(c2ncccn2)CC1. The topological polar surface area (TPSA) is 91.6 Å². The van der Waals surface area contributed by atoms with Crippen molar-refractivity contribution < 1.29 is 4.79 Å². The molecule has 1 saturated heterocycles. The first kappa shape index (κ1) is 16.2. The minimum absolute atomic E-state index is 0.0650. The van der Waals surface area contributed by atoms with E-state index in [2.05, 4.69) is 30.2 Å². The fourth-order valence-corrected chi connectivity index (χ4v) is 3.08. The maximum Gasteiger partial charge on any atom is 0.317 e. The molecule has 1 N–H and O–H groups in total. The van der Waals surface area contributed by atoms with Gasteiger partial charge >= 0.3 is 6.03 Å². The number of nitrogens with one attached hydrogen (secondary N) is 1. The number of fused-ring (bicyclic) bond motifs is 1. The quantitative estimate of drug-likeness (QED) is 0.754. The standard InChI is InChI=1S/C17H20N8O/c26-17(22-12-14-11-21-15-13-18-5-8-25(14)15)24-7-2-6-23(9-10-24)16-19-3-1-4-20-16/h1,3-5,8,11,13H,2,6-7,9-10,12H2,(H,22,26). The van der Waals surface area contributed by atoms with Crippen LogP contribution in [0.3, 0.4) is 0 Å². The summed E-state index contributed by atoms with van der Waals surface area (Å²) in [6, 6.07) is 1.74. The van der Waals surface area contributed by atoms with E-state index in [0.717, 1.165) is 30.9 Å². The molecule has 134 valence electrons. The van der Waals surface area contributed by atoms with E-state index in [1.807, 2.05) is 15.5 Å². The molecule has 0 saturated carbocycles. The third-order valence-corrected chi connectivity index (χ3v) is 4.43. The van der Waals surface area contributed by atoms with Crippen LogP contribution < -0.4 is 10.2 Å². The largest absolute Gasteiger partial charge is 0.339 e. The summed E-state index contributed by atoms with van der Waals surface area (Å²) in [5.41, 5.74) is 1.69. The summed E-state index contributed by atoms with van der Waals surface area (Å²) >= 11 is 0. The zero-order chi connectivity index (χ0) is 17.8. The molecule has 1 aliphatic heterocycles. The van der Waals surface area contributed by atoms with E-state index in [9.17, 15) is 4.79 Å². The zero-order valence-electron chi connectivity index (χ0n) is 14.3. The molecule has 1 aliphatic rings. The first-order chi connectivity index (χ1) is 12.8. The lowest BCUT2D eigenvalue weighted by Crippen LogP contribution is -2.42. The molecule has 3 aromatic rings. The number of amides is 2. The Morgan fingerprint density at radius 2 is 1.92 bits per heavy atom. The summed E-state index contributed by atoms with van der Waals surface area (Å²) in [7, 11) is 0. The van der Waals surface area contributed by atoms with Crippen LogP contribution in [0.25, 0.3) is 5.65 Å². The Hall–Kier alpha value is -3.23. The average Bonchev–Trinajstić information content (AvgIpc) is 2.94. The van der Waals surface area contributed by atoms with Crippen molar-refractivity contribution in [3.8, 4) is 0 Å². The smallest absolute Gasteiger partial charge is 0.317 e. The van der Waals surface area contributed by atoms with Crippen molar-refractivity contribution in [2.45, 2.75) is 13.0 Å². The Morgan fingerprint density at radius 3 is 2.81 bits per heavy atom. The van der Waals surface area contributed by atoms with Gasteiger partial charge < -0.3 is 15.1 Å². The van der Waals surface area contributed by atoms with Crippen molar-refractivity contribution in [3.05, 3.63) is 48.9 Å². The number of urea groups is 1. The molecule has 4 rings (SSSR count). The number of nitrogens with zero attached hydrogens (tertiary/aromatic N) is 7. The summed E-state index contributed by atoms with van der Waals surface area (Å²) < 4.78 is 1.92. The monoisotopic (exact) mass is 352 g/mol. The summed E-state index contributed by atoms with van der Waals surface area (Å²) in [4.78, 5) is 33.4. The molecule has 0 atom stereocenters. The van der Waals surface area contributed by atoms with Crippen molar-refractivity contribution in [1.29, 1.82) is 0 Å². The molecule has 4 heterocycles. The maximum absolute atomic E-state index is 12.5. The average molecular weight is 352 g/mol. The zero-order valence-corrected chi connectivity index (χ0v) is 14.3. The van der Waals surface area contributed by atoms with Gasteiger partial charge in [-0.05, 0) is 12.5 Å². The predicted molar refractivity (Wildman–Crippen MR) is 95.7 cm³/mol. The molecule has 0 aromatic carbocycles. The highest BCUT2D eigenvalue weighted by atomic mass is 16.2. The van der Waals surface area contributed by atoms with Crippen LogP contribution in [0.5, 0.6) is 0 Å². The Balaban J connectivity index is 1.35. The van der Waals surface area contributed by atoms with E-state index in [1.54, 1.807) is 37.1 Å². The third-order valence-electron chi connectivity index (χ3n) is 4.43. The van der Waals surface area contributed by atoms with Gasteiger partial charge in [0.1, 0.15) is 0 Å². The normalized spacial score (nSPS) is 15.1. The highest BCUT2D eigenvalue weighted by Crippen LogP contribution is 2.10. The van der Waals surface area contributed by atoms with Gasteiger partial charge in [0.2, 0.25) is 5.95 Å². The number of carbonyl (C=O) groups is 1. The van der Waals surface area contributed by atoms with Gasteiger partial charge in [-0.2, -0.15) is 0 Å². The number of hydrogen-bond acceptors (Lipinski definition) is 6. The Kier molecular flexibility index (Phi) is 4.59. The first-order valence-corrected chi connectivity index (χ1v) is 8.62. The lowest BCUT2D eigenvalue weighted by Gasteiger charge is -2.22. The van der Waals surface area contributed by atoms with Crippen molar-refractivity contribution in [2.75, 3.05) is 31.1 Å². The molecule has 1 fully saturated rings. The van der Waals surface area contributed by atoms with Crippen LogP contribution in [0.1, 0.15) is 12.1 Å². The number of aromatic nitrogens is 5. The van der Waals surface area contributed by atoms with Crippen LogP contribution in [0, 0.1) is 0 Å². The van der Waals surface area contributed by atoms with Gasteiger partial charge in [-0.1, -0.05) is 0 Å². The fourth-order valence-electron chi connectivity index (χ4n) is 3.08. The van der Waals surface area contributed by atoms with Crippen LogP contribution in [-0.2, 0) is 6.54 Å².